The van der Waals surface area contributed by atoms with E-state index in [1.165, 1.54) is 0 Å². The number of hydrogen-bond acceptors (Lipinski definition) is 8. The molecule has 276 valence electrons. The second-order valence-electron chi connectivity index (χ2n) is 14.5. The fraction of sp³-hybridized carbons (Fsp3) is 0.410. The zero-order chi connectivity index (χ0) is 36.8. The first-order valence-electron chi connectivity index (χ1n) is 18.3. The van der Waals surface area contributed by atoms with Crippen LogP contribution in [0.4, 0.5) is 20.3 Å². The first kappa shape index (κ1) is 34.7. The van der Waals surface area contributed by atoms with E-state index in [9.17, 15) is 19.2 Å². The van der Waals surface area contributed by atoms with E-state index >= 15 is 8.78 Å². The molecule has 0 aliphatic carbocycles. The highest BCUT2D eigenvalue weighted by molar-refractivity contribution is 6.06. The lowest BCUT2D eigenvalue weighted by molar-refractivity contribution is -0.136. The number of amides is 4. The van der Waals surface area contributed by atoms with Crippen molar-refractivity contribution in [3.8, 4) is 5.75 Å². The molecule has 3 fully saturated rings. The van der Waals surface area contributed by atoms with Crippen LogP contribution in [0.5, 0.6) is 5.75 Å². The van der Waals surface area contributed by atoms with E-state index in [4.69, 9.17) is 4.74 Å². The third kappa shape index (κ3) is 6.83. The number of carbonyl (C=O) groups is 4. The number of anilines is 2. The Bertz CT molecular complexity index is 2110. The predicted molar refractivity (Wildman–Crippen MR) is 193 cm³/mol. The van der Waals surface area contributed by atoms with Crippen molar-refractivity contribution in [2.45, 2.75) is 63.6 Å². The van der Waals surface area contributed by atoms with Crippen molar-refractivity contribution in [3.63, 3.8) is 0 Å². The molecule has 4 aliphatic heterocycles. The number of carbonyl (C=O) groups excluding carboxylic acids is 4. The van der Waals surface area contributed by atoms with E-state index in [0.717, 1.165) is 85.3 Å². The van der Waals surface area contributed by atoms with Crippen molar-refractivity contribution in [3.05, 3.63) is 82.7 Å². The fourth-order valence-corrected chi connectivity index (χ4v) is 8.26. The summed E-state index contributed by atoms with van der Waals surface area (Å²) in [4.78, 5) is 64.2. The van der Waals surface area contributed by atoms with Gasteiger partial charge in [-0.15, -0.1) is 0 Å². The van der Waals surface area contributed by atoms with E-state index < -0.39 is 35.1 Å². The van der Waals surface area contributed by atoms with E-state index in [1.54, 1.807) is 23.2 Å². The fourth-order valence-electron chi connectivity index (χ4n) is 8.26. The van der Waals surface area contributed by atoms with Gasteiger partial charge in [0.2, 0.25) is 11.8 Å². The minimum Gasteiger partial charge on any atom is -0.490 e. The number of rotatable bonds is 9. The van der Waals surface area contributed by atoms with Crippen LogP contribution in [0.3, 0.4) is 0 Å². The van der Waals surface area contributed by atoms with Crippen LogP contribution < -0.4 is 20.3 Å². The summed E-state index contributed by atoms with van der Waals surface area (Å²) in [6, 6.07) is 10.8. The zero-order valence-corrected chi connectivity index (χ0v) is 29.4. The lowest BCUT2D eigenvalue weighted by Gasteiger charge is -2.35. The number of H-pyrrole nitrogens is 1. The van der Waals surface area contributed by atoms with Crippen molar-refractivity contribution < 1.29 is 32.7 Å². The smallest absolute Gasteiger partial charge is 0.259 e. The Morgan fingerprint density at radius 2 is 1.83 bits per heavy atom. The molecule has 53 heavy (non-hydrogen) atoms. The molecule has 4 aromatic rings. The Labute approximate surface area is 304 Å². The van der Waals surface area contributed by atoms with Crippen LogP contribution in [-0.4, -0.2) is 82.7 Å². The van der Waals surface area contributed by atoms with Gasteiger partial charge in [0, 0.05) is 78.3 Å². The molecule has 3 saturated heterocycles. The first-order valence-corrected chi connectivity index (χ1v) is 18.3. The van der Waals surface area contributed by atoms with Crippen LogP contribution in [0.1, 0.15) is 83.0 Å². The number of benzene rings is 2. The number of halogens is 2. The van der Waals surface area contributed by atoms with Gasteiger partial charge >= 0.3 is 0 Å². The van der Waals surface area contributed by atoms with Gasteiger partial charge in [-0.25, -0.2) is 13.8 Å². The van der Waals surface area contributed by atoms with E-state index in [-0.39, 0.29) is 36.4 Å². The van der Waals surface area contributed by atoms with Crippen LogP contribution >= 0.6 is 0 Å². The topological polar surface area (TPSA) is 140 Å². The van der Waals surface area contributed by atoms with Gasteiger partial charge in [0.15, 0.2) is 11.6 Å². The molecule has 14 heteroatoms. The van der Waals surface area contributed by atoms with Crippen molar-refractivity contribution in [1.82, 2.24) is 25.1 Å². The summed E-state index contributed by atoms with van der Waals surface area (Å²) in [5.41, 5.74) is 3.86. The van der Waals surface area contributed by atoms with Gasteiger partial charge in [0.05, 0.1) is 17.7 Å². The highest BCUT2D eigenvalue weighted by Crippen LogP contribution is 2.37. The Morgan fingerprint density at radius 3 is 2.60 bits per heavy atom. The molecule has 0 bridgehead atoms. The zero-order valence-electron chi connectivity index (χ0n) is 29.4. The number of likely N-dealkylation sites (tertiary alicyclic amines) is 1. The normalized spacial score (nSPS) is 21.0. The minimum atomic E-state index is -0.898. The van der Waals surface area contributed by atoms with Crippen molar-refractivity contribution in [1.29, 1.82) is 0 Å². The second-order valence-corrected chi connectivity index (χ2v) is 14.5. The third-order valence-corrected chi connectivity index (χ3v) is 11.2. The quantitative estimate of drug-likeness (QED) is 0.198. The molecular formula is C39H41F2N7O5. The molecule has 0 radical (unpaired) electrons. The van der Waals surface area contributed by atoms with Gasteiger partial charge in [0.25, 0.3) is 11.8 Å². The molecular weight excluding hydrogens is 684 g/mol. The number of aromatic nitrogens is 2. The second kappa shape index (κ2) is 14.2. The molecule has 0 saturated carbocycles. The number of fused-ring (bicyclic) bond motifs is 2. The van der Waals surface area contributed by atoms with Gasteiger partial charge in [-0.05, 0) is 82.3 Å². The molecule has 4 amide bonds. The summed E-state index contributed by atoms with van der Waals surface area (Å²) in [7, 11) is 2.09. The Morgan fingerprint density at radius 1 is 1.00 bits per heavy atom. The van der Waals surface area contributed by atoms with Crippen molar-refractivity contribution in [2.75, 3.05) is 43.5 Å². The van der Waals surface area contributed by atoms with Crippen LogP contribution in [0, 0.1) is 17.6 Å². The average molecular weight is 726 g/mol. The van der Waals surface area contributed by atoms with E-state index in [0.29, 0.717) is 36.9 Å². The highest BCUT2D eigenvalue weighted by atomic mass is 19.1. The van der Waals surface area contributed by atoms with E-state index in [1.807, 2.05) is 12.1 Å². The largest absolute Gasteiger partial charge is 0.490 e. The lowest BCUT2D eigenvalue weighted by Crippen LogP contribution is -2.52. The monoisotopic (exact) mass is 725 g/mol. The minimum absolute atomic E-state index is 0.182. The number of pyridine rings is 1. The first-order chi connectivity index (χ1) is 25.6. The number of hydrogen-bond donors (Lipinski definition) is 3. The Hall–Kier alpha value is -5.37. The molecule has 8 rings (SSSR count). The number of ether oxygens (including phenoxy) is 1. The maximum atomic E-state index is 15.1. The summed E-state index contributed by atoms with van der Waals surface area (Å²) in [5, 5.41) is 5.83. The van der Waals surface area contributed by atoms with Crippen molar-refractivity contribution in [2.24, 2.45) is 5.92 Å². The third-order valence-electron chi connectivity index (χ3n) is 11.2. The van der Waals surface area contributed by atoms with Gasteiger partial charge in [-0.3, -0.25) is 29.4 Å². The van der Waals surface area contributed by atoms with Gasteiger partial charge in [-0.1, -0.05) is 6.07 Å². The number of nitrogens with one attached hydrogen (secondary N) is 3. The number of imide groups is 1. The molecule has 2 aromatic heterocycles. The summed E-state index contributed by atoms with van der Waals surface area (Å²) in [6.07, 6.45) is 6.67. The molecule has 4 aliphatic rings. The summed E-state index contributed by atoms with van der Waals surface area (Å²) in [5.74, 6) is -3.23. The summed E-state index contributed by atoms with van der Waals surface area (Å²) in [6.45, 7) is 3.01. The van der Waals surface area contributed by atoms with E-state index in [2.05, 4.69) is 43.5 Å². The van der Waals surface area contributed by atoms with Crippen LogP contribution in [0.15, 0.2) is 48.7 Å². The Balaban J connectivity index is 0.837. The molecule has 12 nitrogen and oxygen atoms in total. The van der Waals surface area contributed by atoms with Crippen molar-refractivity contribution >= 4 is 46.0 Å². The van der Waals surface area contributed by atoms with Gasteiger partial charge in [0.1, 0.15) is 17.7 Å². The summed E-state index contributed by atoms with van der Waals surface area (Å²) < 4.78 is 35.9. The molecule has 2 aromatic carbocycles. The van der Waals surface area contributed by atoms with Gasteiger partial charge < -0.3 is 24.8 Å². The maximum Gasteiger partial charge on any atom is 0.259 e. The molecule has 1 unspecified atom stereocenters. The molecule has 3 N–H and O–H groups in total. The van der Waals surface area contributed by atoms with Crippen LogP contribution in [-0.2, 0) is 16.1 Å². The number of nitrogens with zero attached hydrogens (tertiary/aromatic N) is 4. The highest BCUT2D eigenvalue weighted by Gasteiger charge is 2.40. The van der Waals surface area contributed by atoms with Crippen LogP contribution in [0.2, 0.25) is 0 Å². The number of aromatic amines is 1. The van der Waals surface area contributed by atoms with Crippen LogP contribution in [0.25, 0.3) is 10.9 Å². The maximum absolute atomic E-state index is 15.1. The lowest BCUT2D eigenvalue weighted by atomic mass is 9.93. The molecule has 2 atom stereocenters. The predicted octanol–water partition coefficient (Wildman–Crippen LogP) is 5.31. The average Bonchev–Trinajstić information content (AvgIpc) is 3.86. The SMILES string of the molecule is CN1CCC[C@@H]1c1cc2cnc(NC(=O)c3cc(F)c(OCCC4CCN(c5cccc6c5CN(C5CCC(=O)NC5=O)C6=O)CC4)cc3F)cc2[nH]1. The molecule has 0 spiro atoms. The van der Waals surface area contributed by atoms with Gasteiger partial charge in [-0.2, -0.15) is 0 Å². The Kier molecular flexibility index (Phi) is 9.31. The summed E-state index contributed by atoms with van der Waals surface area (Å²) >= 11 is 0. The standard InChI is InChI=1S/C39H41F2N7O5/c1-46-12-3-6-32(46)30-16-23-20-42-35(19-29(23)43-30)44-37(50)25-17-28(41)34(18-27(25)40)53-15-11-22-9-13-47(14-10-22)31-5-2-4-24-26(31)21-48(39(24)52)33-7-8-36(49)45-38(33)51/h2,4-5,16-20,22,32-33,43H,3,6-15,21H2,1H3,(H,42,44,50)(H,45,49,51)/t32-,33?/m1/s1. The number of piperidine rings is 2. The molecule has 6 heterocycles.